The number of rotatable bonds is 13. The smallest absolute Gasteiger partial charge is 0.255 e. The minimum absolute atomic E-state index is 0.163. The number of carbonyl (C=O) groups excluding carboxylic acids is 4. The lowest BCUT2D eigenvalue weighted by Crippen LogP contribution is -2.55. The second kappa shape index (κ2) is 15.1. The number of primary amides is 1. The van der Waals surface area contributed by atoms with Gasteiger partial charge >= 0.3 is 0 Å². The van der Waals surface area contributed by atoms with E-state index in [1.807, 2.05) is 51.1 Å². The number of hydrogen-bond acceptors (Lipinski definition) is 8. The van der Waals surface area contributed by atoms with E-state index in [1.165, 1.54) is 6.20 Å². The lowest BCUT2D eigenvalue weighted by molar-refractivity contribution is -0.128. The Labute approximate surface area is 266 Å². The molecule has 6 N–H and O–H groups in total. The van der Waals surface area contributed by atoms with E-state index in [1.54, 1.807) is 48.5 Å². The third kappa shape index (κ3) is 9.32. The fraction of sp³-hybridized carbons (Fsp3) is 0.294. The zero-order chi connectivity index (χ0) is 33.3. The number of nitrogens with one attached hydrogen (secondary N) is 3. The van der Waals surface area contributed by atoms with E-state index in [9.17, 15) is 24.3 Å². The third-order valence-corrected chi connectivity index (χ3v) is 6.94. The molecule has 0 aliphatic rings. The highest BCUT2D eigenvalue weighted by atomic mass is 16.5. The molecule has 0 bridgehead atoms. The van der Waals surface area contributed by atoms with E-state index in [0.29, 0.717) is 10.9 Å². The number of amides is 4. The number of benzene rings is 3. The molecule has 4 rings (SSSR count). The van der Waals surface area contributed by atoms with Crippen LogP contribution >= 0.6 is 0 Å². The van der Waals surface area contributed by atoms with E-state index in [-0.39, 0.29) is 35.8 Å². The topological polar surface area (TPSA) is 186 Å². The molecule has 4 aromatic rings. The van der Waals surface area contributed by atoms with Crippen LogP contribution in [0.25, 0.3) is 10.9 Å². The number of hydrogen-bond donors (Lipinski definition) is 5. The van der Waals surface area contributed by atoms with Gasteiger partial charge in [0.2, 0.25) is 11.8 Å². The molecule has 0 saturated carbocycles. The summed E-state index contributed by atoms with van der Waals surface area (Å²) in [5.74, 6) is -2.28. The minimum Gasteiger partial charge on any atom is -0.490 e. The highest BCUT2D eigenvalue weighted by Crippen LogP contribution is 2.20. The second-order valence-corrected chi connectivity index (χ2v) is 11.9. The maximum Gasteiger partial charge on any atom is 0.255 e. The van der Waals surface area contributed by atoms with Crippen LogP contribution in [-0.2, 0) is 16.0 Å². The molecule has 0 fully saturated rings. The molecule has 0 aliphatic carbocycles. The van der Waals surface area contributed by atoms with Crippen molar-refractivity contribution < 1.29 is 29.0 Å². The van der Waals surface area contributed by atoms with E-state index in [0.717, 1.165) is 5.56 Å². The van der Waals surface area contributed by atoms with E-state index in [2.05, 4.69) is 26.1 Å². The predicted octanol–water partition coefficient (Wildman–Crippen LogP) is 2.30. The molecule has 12 heteroatoms. The molecule has 1 heterocycles. The summed E-state index contributed by atoms with van der Waals surface area (Å²) in [4.78, 5) is 51.7. The van der Waals surface area contributed by atoms with E-state index in [4.69, 9.17) is 10.5 Å². The highest BCUT2D eigenvalue weighted by Gasteiger charge is 2.30. The van der Waals surface area contributed by atoms with Crippen molar-refractivity contribution in [1.82, 2.24) is 26.1 Å². The van der Waals surface area contributed by atoms with Crippen LogP contribution in [0.1, 0.15) is 53.5 Å². The van der Waals surface area contributed by atoms with Crippen molar-refractivity contribution in [2.75, 3.05) is 6.61 Å². The molecule has 12 nitrogen and oxygen atoms in total. The van der Waals surface area contributed by atoms with Gasteiger partial charge in [-0.2, -0.15) is 10.2 Å². The number of para-hydroxylation sites is 1. The van der Waals surface area contributed by atoms with Crippen molar-refractivity contribution in [1.29, 1.82) is 0 Å². The molecular formula is C34H38N6O6. The highest BCUT2D eigenvalue weighted by molar-refractivity contribution is 6.07. The first kappa shape index (κ1) is 33.5. The number of nitrogens with two attached hydrogens (primary N) is 1. The lowest BCUT2D eigenvalue weighted by atomic mass is 10.0. The summed E-state index contributed by atoms with van der Waals surface area (Å²) in [5.41, 5.74) is 6.70. The molecule has 1 aromatic heterocycles. The molecule has 0 spiro atoms. The fourth-order valence-corrected chi connectivity index (χ4v) is 4.75. The molecule has 4 amide bonds. The van der Waals surface area contributed by atoms with Crippen molar-refractivity contribution in [3.63, 3.8) is 0 Å². The van der Waals surface area contributed by atoms with Gasteiger partial charge in [0.15, 0.2) is 0 Å². The van der Waals surface area contributed by atoms with Gasteiger partial charge in [0, 0.05) is 10.9 Å². The average Bonchev–Trinajstić information content (AvgIpc) is 3.02. The van der Waals surface area contributed by atoms with Crippen LogP contribution in [0.3, 0.4) is 0 Å². The molecule has 240 valence electrons. The first-order valence-corrected chi connectivity index (χ1v) is 14.8. The van der Waals surface area contributed by atoms with Gasteiger partial charge in [-0.15, -0.1) is 0 Å². The summed E-state index contributed by atoms with van der Waals surface area (Å²) in [6.45, 7) is 5.30. The van der Waals surface area contributed by atoms with Gasteiger partial charge in [-0.1, -0.05) is 60.7 Å². The predicted molar refractivity (Wildman–Crippen MR) is 172 cm³/mol. The zero-order valence-electron chi connectivity index (χ0n) is 25.9. The van der Waals surface area contributed by atoms with Crippen molar-refractivity contribution in [3.05, 3.63) is 102 Å². The molecule has 0 unspecified atom stereocenters. The summed E-state index contributed by atoms with van der Waals surface area (Å²) in [6, 6.07) is 20.4. The first-order chi connectivity index (χ1) is 21.9. The number of fused-ring (bicyclic) bond motifs is 1. The molecule has 3 aromatic carbocycles. The van der Waals surface area contributed by atoms with Gasteiger partial charge in [0.25, 0.3) is 11.8 Å². The van der Waals surface area contributed by atoms with Gasteiger partial charge in [0.05, 0.1) is 35.3 Å². The van der Waals surface area contributed by atoms with E-state index < -0.39 is 47.9 Å². The summed E-state index contributed by atoms with van der Waals surface area (Å²) < 4.78 is 5.90. The summed E-state index contributed by atoms with van der Waals surface area (Å²) >= 11 is 0. The number of nitrogens with zero attached hydrogens (tertiary/aromatic N) is 2. The average molecular weight is 627 g/mol. The molecular weight excluding hydrogens is 588 g/mol. The van der Waals surface area contributed by atoms with Gasteiger partial charge in [-0.3, -0.25) is 19.2 Å². The van der Waals surface area contributed by atoms with Crippen LogP contribution < -0.4 is 26.4 Å². The largest absolute Gasteiger partial charge is 0.490 e. The number of ether oxygens (including phenoxy) is 1. The molecule has 0 saturated heterocycles. The van der Waals surface area contributed by atoms with Crippen LogP contribution in [0.2, 0.25) is 0 Å². The van der Waals surface area contributed by atoms with E-state index >= 15 is 0 Å². The molecule has 46 heavy (non-hydrogen) atoms. The first-order valence-electron chi connectivity index (χ1n) is 14.8. The Morgan fingerprint density at radius 3 is 2.26 bits per heavy atom. The summed E-state index contributed by atoms with van der Waals surface area (Å²) in [6.07, 6.45) is -0.286. The second-order valence-electron chi connectivity index (χ2n) is 11.9. The van der Waals surface area contributed by atoms with Crippen LogP contribution in [0.4, 0.5) is 0 Å². The van der Waals surface area contributed by atoms with Gasteiger partial charge in [-0.05, 0) is 51.0 Å². The minimum atomic E-state index is -1.36. The SMILES string of the molecule is CC(C)(C)NC(=O)c1ccccc1OC[C@H](O)[C@H](Cc1ccccc1)NC(=O)[C@H](CC(N)=O)NC(=O)c1cnnc2ccccc12. The summed E-state index contributed by atoms with van der Waals surface area (Å²) in [7, 11) is 0. The monoisotopic (exact) mass is 626 g/mol. The van der Waals surface area contributed by atoms with Crippen LogP contribution in [0.15, 0.2) is 85.1 Å². The molecule has 0 aliphatic heterocycles. The quantitative estimate of drug-likeness (QED) is 0.150. The van der Waals surface area contributed by atoms with Crippen molar-refractivity contribution in [2.24, 2.45) is 5.73 Å². The van der Waals surface area contributed by atoms with Crippen molar-refractivity contribution in [2.45, 2.75) is 57.3 Å². The van der Waals surface area contributed by atoms with Crippen molar-refractivity contribution >= 4 is 34.5 Å². The normalized spacial score (nSPS) is 13.2. The Morgan fingerprint density at radius 2 is 1.54 bits per heavy atom. The van der Waals surface area contributed by atoms with Gasteiger partial charge in [0.1, 0.15) is 24.5 Å². The zero-order valence-corrected chi connectivity index (χ0v) is 25.9. The molecule has 0 radical (unpaired) electrons. The Hall–Kier alpha value is -5.36. The number of aromatic nitrogens is 2. The van der Waals surface area contributed by atoms with Crippen molar-refractivity contribution in [3.8, 4) is 5.75 Å². The molecule has 3 atom stereocenters. The Kier molecular flexibility index (Phi) is 11.0. The van der Waals surface area contributed by atoms with Crippen LogP contribution in [0.5, 0.6) is 5.75 Å². The fourth-order valence-electron chi connectivity index (χ4n) is 4.75. The van der Waals surface area contributed by atoms with Crippen LogP contribution in [0, 0.1) is 0 Å². The van der Waals surface area contributed by atoms with Gasteiger partial charge in [-0.25, -0.2) is 0 Å². The Balaban J connectivity index is 1.53. The maximum absolute atomic E-state index is 13.6. The van der Waals surface area contributed by atoms with Gasteiger partial charge < -0.3 is 31.5 Å². The number of aliphatic hydroxyl groups is 1. The third-order valence-electron chi connectivity index (χ3n) is 6.94. The summed E-state index contributed by atoms with van der Waals surface area (Å²) in [5, 5.41) is 27.9. The standard InChI is InChI=1S/C34H38N6O6/c1-34(2,3)39-32(44)23-14-8-10-16-29(23)46-20-28(41)26(17-21-11-5-4-6-12-21)37-33(45)27(18-30(35)42)38-31(43)24-19-36-40-25-15-9-7-13-22(24)25/h4-16,19,26-28,41H,17-18,20H2,1-3H3,(H2,35,42)(H,37,45)(H,38,43)(H,39,44)/t26-,27-,28-/m0/s1. The number of carbonyl (C=O) groups is 4. The number of aliphatic hydroxyl groups excluding tert-OH is 1. The Bertz CT molecular complexity index is 1690. The maximum atomic E-state index is 13.6. The van der Waals surface area contributed by atoms with Crippen LogP contribution in [-0.4, -0.2) is 69.3 Å². The lowest BCUT2D eigenvalue weighted by Gasteiger charge is -2.27. The Morgan fingerprint density at radius 1 is 0.870 bits per heavy atom.